The van der Waals surface area contributed by atoms with Crippen LogP contribution in [-0.4, -0.2) is 0 Å². The average Bonchev–Trinajstić information content (AvgIpc) is 2.70. The summed E-state index contributed by atoms with van der Waals surface area (Å²) in [4.78, 5) is 0.748. The molecule has 1 nitrogen and oxygen atoms in total. The van der Waals surface area contributed by atoms with E-state index in [4.69, 9.17) is 17.3 Å². The topological polar surface area (TPSA) is 26.0 Å². The number of benzene rings is 1. The van der Waals surface area contributed by atoms with E-state index in [-0.39, 0.29) is 16.5 Å². The molecule has 0 bridgehead atoms. The lowest BCUT2D eigenvalue weighted by Gasteiger charge is -2.13. The highest BCUT2D eigenvalue weighted by Gasteiger charge is 2.20. The highest BCUT2D eigenvalue weighted by Crippen LogP contribution is 2.34. The molecule has 1 atom stereocenters. The number of hydrogen-bond donors (Lipinski definition) is 1. The maximum Gasteiger partial charge on any atom is 0.143 e. The van der Waals surface area contributed by atoms with Crippen LogP contribution in [-0.2, 0) is 6.42 Å². The fourth-order valence-corrected chi connectivity index (χ4v) is 3.48. The second kappa shape index (κ2) is 5.87. The Morgan fingerprint density at radius 3 is 2.68 bits per heavy atom. The molecule has 102 valence electrons. The lowest BCUT2D eigenvalue weighted by atomic mass is 10.0. The minimum absolute atomic E-state index is 0.0241. The molecule has 1 heterocycles. The van der Waals surface area contributed by atoms with E-state index in [9.17, 15) is 8.78 Å². The van der Waals surface area contributed by atoms with Crippen molar-refractivity contribution in [2.24, 2.45) is 5.73 Å². The van der Waals surface area contributed by atoms with Gasteiger partial charge in [0.2, 0.25) is 0 Å². The highest BCUT2D eigenvalue weighted by atomic mass is 79.9. The van der Waals surface area contributed by atoms with Gasteiger partial charge in [-0.1, -0.05) is 11.6 Å². The normalized spacial score (nSPS) is 12.7. The van der Waals surface area contributed by atoms with Gasteiger partial charge in [-0.2, -0.15) is 0 Å². The Balaban J connectivity index is 2.32. The van der Waals surface area contributed by atoms with Gasteiger partial charge in [-0.3, -0.25) is 0 Å². The first kappa shape index (κ1) is 14.9. The smallest absolute Gasteiger partial charge is 0.143 e. The number of hydrogen-bond acceptors (Lipinski definition) is 2. The molecule has 2 rings (SSSR count). The van der Waals surface area contributed by atoms with Crippen LogP contribution in [0.1, 0.15) is 22.0 Å². The molecule has 0 fully saturated rings. The first-order chi connectivity index (χ1) is 8.91. The van der Waals surface area contributed by atoms with Gasteiger partial charge >= 0.3 is 0 Å². The molecule has 1 aromatic heterocycles. The third-order valence-corrected chi connectivity index (χ3v) is 5.28. The van der Waals surface area contributed by atoms with Crippen LogP contribution in [0.3, 0.4) is 0 Å². The molecule has 2 aromatic rings. The highest BCUT2D eigenvalue weighted by molar-refractivity contribution is 9.10. The Morgan fingerprint density at radius 2 is 2.11 bits per heavy atom. The lowest BCUT2D eigenvalue weighted by Crippen LogP contribution is -2.14. The summed E-state index contributed by atoms with van der Waals surface area (Å²) in [5.74, 6) is -1.21. The first-order valence-electron chi connectivity index (χ1n) is 5.53. The van der Waals surface area contributed by atoms with Gasteiger partial charge in [0.05, 0.1) is 9.50 Å². The van der Waals surface area contributed by atoms with Crippen LogP contribution in [0.25, 0.3) is 0 Å². The van der Waals surface area contributed by atoms with Crippen LogP contribution in [0, 0.1) is 18.6 Å². The molecule has 0 spiro atoms. The zero-order chi connectivity index (χ0) is 14.2. The third kappa shape index (κ3) is 2.99. The molecule has 0 aliphatic rings. The largest absolute Gasteiger partial charge is 0.323 e. The van der Waals surface area contributed by atoms with Crippen molar-refractivity contribution in [3.8, 4) is 0 Å². The Hall–Kier alpha value is -0.490. The summed E-state index contributed by atoms with van der Waals surface area (Å²) in [6.07, 6.45) is 0.0662. The second-order valence-electron chi connectivity index (χ2n) is 4.23. The molecule has 0 radical (unpaired) electrons. The fourth-order valence-electron chi connectivity index (χ4n) is 1.77. The van der Waals surface area contributed by atoms with E-state index in [1.807, 2.05) is 12.3 Å². The van der Waals surface area contributed by atoms with E-state index in [1.165, 1.54) is 23.5 Å². The van der Waals surface area contributed by atoms with Gasteiger partial charge in [0.15, 0.2) is 0 Å². The molecule has 1 aromatic carbocycles. The van der Waals surface area contributed by atoms with Crippen molar-refractivity contribution in [3.63, 3.8) is 0 Å². The van der Waals surface area contributed by atoms with Gasteiger partial charge in [0.1, 0.15) is 11.6 Å². The third-order valence-electron chi connectivity index (χ3n) is 2.82. The zero-order valence-corrected chi connectivity index (χ0v) is 13.2. The fraction of sp³-hybridized carbons (Fsp3) is 0.231. The van der Waals surface area contributed by atoms with Crippen LogP contribution in [0.5, 0.6) is 0 Å². The minimum Gasteiger partial charge on any atom is -0.323 e. The molecule has 0 aliphatic carbocycles. The Labute approximate surface area is 127 Å². The maximum atomic E-state index is 13.9. The van der Waals surface area contributed by atoms with Gasteiger partial charge in [-0.05, 0) is 52.4 Å². The Bertz CT molecular complexity index is 615. The second-order valence-corrected chi connectivity index (χ2v) is 6.37. The van der Waals surface area contributed by atoms with E-state index >= 15 is 0 Å². The minimum atomic E-state index is -0.611. The summed E-state index contributed by atoms with van der Waals surface area (Å²) < 4.78 is 27.8. The Morgan fingerprint density at radius 1 is 1.42 bits per heavy atom. The van der Waals surface area contributed by atoms with Crippen LogP contribution in [0.4, 0.5) is 8.78 Å². The Kier molecular flexibility index (Phi) is 4.61. The van der Waals surface area contributed by atoms with Crippen molar-refractivity contribution in [2.75, 3.05) is 0 Å². The molecule has 2 N–H and O–H groups in total. The SMILES string of the molecule is Cc1csc(C(N)Cc2c(F)ccc(Br)c2F)c1Cl. The summed E-state index contributed by atoms with van der Waals surface area (Å²) >= 11 is 10.6. The van der Waals surface area contributed by atoms with E-state index in [0.717, 1.165) is 10.4 Å². The van der Waals surface area contributed by atoms with Crippen LogP contribution >= 0.6 is 38.9 Å². The van der Waals surface area contributed by atoms with Crippen LogP contribution in [0.2, 0.25) is 5.02 Å². The van der Waals surface area contributed by atoms with E-state index in [2.05, 4.69) is 15.9 Å². The molecular formula is C13H11BrClF2NS. The zero-order valence-electron chi connectivity index (χ0n) is 10.0. The van der Waals surface area contributed by atoms with Crippen LogP contribution < -0.4 is 5.73 Å². The maximum absolute atomic E-state index is 13.9. The van der Waals surface area contributed by atoms with Crippen molar-refractivity contribution in [3.05, 3.63) is 54.6 Å². The quantitative estimate of drug-likeness (QED) is 0.761. The molecule has 0 saturated carbocycles. The van der Waals surface area contributed by atoms with E-state index < -0.39 is 17.7 Å². The molecule has 6 heteroatoms. The van der Waals surface area contributed by atoms with Crippen molar-refractivity contribution < 1.29 is 8.78 Å². The summed E-state index contributed by atoms with van der Waals surface area (Å²) in [5.41, 5.74) is 6.91. The van der Waals surface area contributed by atoms with Gasteiger partial charge in [0, 0.05) is 16.5 Å². The standard InChI is InChI=1S/C13H11BrClF2NS/c1-6-5-19-13(11(6)15)10(18)4-7-9(16)3-2-8(14)12(7)17/h2-3,5,10H,4,18H2,1H3. The predicted octanol–water partition coefficient (Wildman–Crippen LogP) is 4.99. The summed E-state index contributed by atoms with van der Waals surface area (Å²) in [7, 11) is 0. The van der Waals surface area contributed by atoms with Gasteiger partial charge in [-0.15, -0.1) is 11.3 Å². The summed E-state index contributed by atoms with van der Waals surface area (Å²) in [6, 6.07) is 2.03. The number of aryl methyl sites for hydroxylation is 1. The van der Waals surface area contributed by atoms with Crippen molar-refractivity contribution in [1.82, 2.24) is 0 Å². The average molecular weight is 367 g/mol. The van der Waals surface area contributed by atoms with Gasteiger partial charge in [-0.25, -0.2) is 8.78 Å². The summed E-state index contributed by atoms with van der Waals surface area (Å²) in [5, 5.41) is 2.46. The van der Waals surface area contributed by atoms with Crippen molar-refractivity contribution in [2.45, 2.75) is 19.4 Å². The van der Waals surface area contributed by atoms with E-state index in [1.54, 1.807) is 0 Å². The van der Waals surface area contributed by atoms with E-state index in [0.29, 0.717) is 5.02 Å². The number of nitrogens with two attached hydrogens (primary N) is 1. The molecule has 1 unspecified atom stereocenters. The van der Waals surface area contributed by atoms with Crippen molar-refractivity contribution in [1.29, 1.82) is 0 Å². The molecule has 0 saturated heterocycles. The first-order valence-corrected chi connectivity index (χ1v) is 7.58. The summed E-state index contributed by atoms with van der Waals surface area (Å²) in [6.45, 7) is 1.87. The lowest BCUT2D eigenvalue weighted by molar-refractivity contribution is 0.537. The van der Waals surface area contributed by atoms with Gasteiger partial charge in [0.25, 0.3) is 0 Å². The van der Waals surface area contributed by atoms with Crippen LogP contribution in [0.15, 0.2) is 22.0 Å². The molecule has 19 heavy (non-hydrogen) atoms. The molecular weight excluding hydrogens is 356 g/mol. The number of halogens is 4. The molecule has 0 aliphatic heterocycles. The van der Waals surface area contributed by atoms with Gasteiger partial charge < -0.3 is 5.73 Å². The molecule has 0 amide bonds. The predicted molar refractivity (Wildman–Crippen MR) is 78.8 cm³/mol. The van der Waals surface area contributed by atoms with Crippen molar-refractivity contribution >= 4 is 38.9 Å². The monoisotopic (exact) mass is 365 g/mol. The number of rotatable bonds is 3. The number of thiophene rings is 1.